The van der Waals surface area contributed by atoms with Crippen molar-refractivity contribution in [3.8, 4) is 0 Å². The lowest BCUT2D eigenvalue weighted by Crippen LogP contribution is -2.20. The first-order valence-electron chi connectivity index (χ1n) is 7.78. The van der Waals surface area contributed by atoms with E-state index in [4.69, 9.17) is 11.5 Å². The number of carbonyl (C=O) groups excluding carboxylic acids is 2. The molecular formula is C16H22N4O2. The number of hydrogen-bond acceptors (Lipinski definition) is 4. The molecule has 0 aromatic heterocycles. The molecular weight excluding hydrogens is 280 g/mol. The molecule has 0 aliphatic carbocycles. The van der Waals surface area contributed by atoms with Gasteiger partial charge < -0.3 is 21.3 Å². The summed E-state index contributed by atoms with van der Waals surface area (Å²) in [6.45, 7) is 6.07. The van der Waals surface area contributed by atoms with E-state index in [0.717, 1.165) is 37.3 Å². The maximum Gasteiger partial charge on any atom is 0.250 e. The minimum Gasteiger partial charge on any atom is -0.366 e. The fraction of sp³-hybridized carbons (Fsp3) is 0.500. The van der Waals surface area contributed by atoms with Gasteiger partial charge in [-0.2, -0.15) is 0 Å². The molecule has 3 rings (SSSR count). The molecule has 118 valence electrons. The lowest BCUT2D eigenvalue weighted by atomic mass is 10.0. The van der Waals surface area contributed by atoms with Gasteiger partial charge in [-0.15, -0.1) is 0 Å². The van der Waals surface area contributed by atoms with Crippen molar-refractivity contribution in [1.29, 1.82) is 0 Å². The SMILES string of the molecule is CCC1CN1c1cc(N2CC2CC)c(C(N)=O)cc1C(N)=O. The highest BCUT2D eigenvalue weighted by molar-refractivity contribution is 6.07. The molecule has 2 unspecified atom stereocenters. The van der Waals surface area contributed by atoms with E-state index in [9.17, 15) is 9.59 Å². The number of carbonyl (C=O) groups is 2. The third-order valence-electron chi connectivity index (χ3n) is 4.64. The Hall–Kier alpha value is -2.24. The summed E-state index contributed by atoms with van der Waals surface area (Å²) in [6.07, 6.45) is 2.04. The second-order valence-electron chi connectivity index (χ2n) is 6.04. The molecule has 0 bridgehead atoms. The van der Waals surface area contributed by atoms with Crippen molar-refractivity contribution in [1.82, 2.24) is 0 Å². The lowest BCUT2D eigenvalue weighted by Gasteiger charge is -2.16. The highest BCUT2D eigenvalue weighted by Gasteiger charge is 2.39. The van der Waals surface area contributed by atoms with Crippen LogP contribution in [0.4, 0.5) is 11.4 Å². The third-order valence-corrected chi connectivity index (χ3v) is 4.64. The first kappa shape index (κ1) is 14.7. The van der Waals surface area contributed by atoms with Crippen LogP contribution in [0.25, 0.3) is 0 Å². The molecule has 2 atom stereocenters. The predicted octanol–water partition coefficient (Wildman–Crippen LogP) is 1.08. The van der Waals surface area contributed by atoms with Crippen LogP contribution >= 0.6 is 0 Å². The van der Waals surface area contributed by atoms with E-state index in [2.05, 4.69) is 23.6 Å². The first-order chi connectivity index (χ1) is 10.5. The lowest BCUT2D eigenvalue weighted by molar-refractivity contribution is 0.0999. The van der Waals surface area contributed by atoms with E-state index in [1.165, 1.54) is 0 Å². The summed E-state index contributed by atoms with van der Waals surface area (Å²) >= 11 is 0. The van der Waals surface area contributed by atoms with E-state index in [1.807, 2.05) is 6.07 Å². The molecule has 4 N–H and O–H groups in total. The fourth-order valence-electron chi connectivity index (χ4n) is 3.10. The van der Waals surface area contributed by atoms with Gasteiger partial charge in [0.05, 0.1) is 22.5 Å². The number of benzene rings is 1. The molecule has 2 aliphatic rings. The predicted molar refractivity (Wildman–Crippen MR) is 86.3 cm³/mol. The molecule has 2 saturated heterocycles. The maximum atomic E-state index is 11.8. The fourth-order valence-corrected chi connectivity index (χ4v) is 3.10. The van der Waals surface area contributed by atoms with Gasteiger partial charge in [0.15, 0.2) is 0 Å². The molecule has 2 aliphatic heterocycles. The molecule has 6 heteroatoms. The Morgan fingerprint density at radius 2 is 1.36 bits per heavy atom. The summed E-state index contributed by atoms with van der Waals surface area (Å²) < 4.78 is 0. The minimum absolute atomic E-state index is 0.378. The van der Waals surface area contributed by atoms with Crippen LogP contribution in [-0.2, 0) is 0 Å². The van der Waals surface area contributed by atoms with Crippen molar-refractivity contribution in [3.05, 3.63) is 23.3 Å². The summed E-state index contributed by atoms with van der Waals surface area (Å²) in [5, 5.41) is 0. The Morgan fingerprint density at radius 3 is 1.64 bits per heavy atom. The summed E-state index contributed by atoms with van der Waals surface area (Å²) in [7, 11) is 0. The van der Waals surface area contributed by atoms with E-state index in [1.54, 1.807) is 6.07 Å². The zero-order valence-electron chi connectivity index (χ0n) is 13.0. The topological polar surface area (TPSA) is 92.2 Å². The molecule has 22 heavy (non-hydrogen) atoms. The number of amides is 2. The Balaban J connectivity index is 2.07. The molecule has 1 aromatic rings. The Bertz CT molecular complexity index is 592. The van der Waals surface area contributed by atoms with Crippen molar-refractivity contribution in [2.24, 2.45) is 11.5 Å². The van der Waals surface area contributed by atoms with Crippen LogP contribution in [0.5, 0.6) is 0 Å². The van der Waals surface area contributed by atoms with Gasteiger partial charge in [-0.1, -0.05) is 13.8 Å². The zero-order valence-corrected chi connectivity index (χ0v) is 13.0. The standard InChI is InChI=1S/C16H22N4O2/c1-3-9-7-19(9)13-6-14(20-8-10(20)4-2)12(16(18)22)5-11(13)15(17)21/h5-6,9-10H,3-4,7-8H2,1-2H3,(H2,17,21)(H2,18,22). The molecule has 2 amide bonds. The molecule has 2 fully saturated rings. The van der Waals surface area contributed by atoms with Crippen LogP contribution < -0.4 is 21.3 Å². The summed E-state index contributed by atoms with van der Waals surface area (Å²) in [4.78, 5) is 27.8. The van der Waals surface area contributed by atoms with Crippen molar-refractivity contribution in [2.75, 3.05) is 22.9 Å². The number of anilines is 2. The van der Waals surface area contributed by atoms with E-state index in [0.29, 0.717) is 23.2 Å². The molecule has 0 radical (unpaired) electrons. The number of nitrogens with zero attached hydrogens (tertiary/aromatic N) is 2. The van der Waals surface area contributed by atoms with Crippen LogP contribution in [0, 0.1) is 0 Å². The van der Waals surface area contributed by atoms with Crippen molar-refractivity contribution >= 4 is 23.2 Å². The zero-order chi connectivity index (χ0) is 16.0. The van der Waals surface area contributed by atoms with Gasteiger partial charge >= 0.3 is 0 Å². The van der Waals surface area contributed by atoms with E-state index >= 15 is 0 Å². The van der Waals surface area contributed by atoms with Gasteiger partial charge in [-0.25, -0.2) is 0 Å². The Morgan fingerprint density at radius 1 is 0.955 bits per heavy atom. The third kappa shape index (κ3) is 2.38. The van der Waals surface area contributed by atoms with Crippen molar-refractivity contribution in [2.45, 2.75) is 38.8 Å². The maximum absolute atomic E-state index is 11.8. The normalized spacial score (nSPS) is 22.6. The molecule has 0 saturated carbocycles. The average molecular weight is 302 g/mol. The van der Waals surface area contributed by atoms with Crippen LogP contribution in [-0.4, -0.2) is 37.0 Å². The van der Waals surface area contributed by atoms with Crippen LogP contribution in [0.2, 0.25) is 0 Å². The smallest absolute Gasteiger partial charge is 0.250 e. The molecule has 6 nitrogen and oxygen atoms in total. The van der Waals surface area contributed by atoms with Gasteiger partial charge in [0.25, 0.3) is 11.8 Å². The van der Waals surface area contributed by atoms with Crippen molar-refractivity contribution in [3.63, 3.8) is 0 Å². The van der Waals surface area contributed by atoms with Crippen molar-refractivity contribution < 1.29 is 9.59 Å². The van der Waals surface area contributed by atoms with Crippen LogP contribution in [0.15, 0.2) is 12.1 Å². The Kier molecular flexibility index (Phi) is 3.47. The average Bonchev–Trinajstić information content (AvgIpc) is 3.38. The van der Waals surface area contributed by atoms with Gasteiger partial charge in [0, 0.05) is 25.2 Å². The second kappa shape index (κ2) is 5.19. The number of rotatable bonds is 6. The van der Waals surface area contributed by atoms with Gasteiger partial charge in [-0.3, -0.25) is 9.59 Å². The number of nitrogens with two attached hydrogens (primary N) is 2. The van der Waals surface area contributed by atoms with Gasteiger partial charge in [-0.05, 0) is 25.0 Å². The monoisotopic (exact) mass is 302 g/mol. The quantitative estimate of drug-likeness (QED) is 0.769. The largest absolute Gasteiger partial charge is 0.366 e. The van der Waals surface area contributed by atoms with E-state index in [-0.39, 0.29) is 0 Å². The highest BCUT2D eigenvalue weighted by Crippen LogP contribution is 2.40. The number of hydrogen-bond donors (Lipinski definition) is 2. The van der Waals surface area contributed by atoms with Gasteiger partial charge in [0.1, 0.15) is 0 Å². The first-order valence-corrected chi connectivity index (χ1v) is 7.78. The Labute approximate surface area is 130 Å². The van der Waals surface area contributed by atoms with Crippen LogP contribution in [0.1, 0.15) is 47.4 Å². The minimum atomic E-state index is -0.524. The molecule has 1 aromatic carbocycles. The molecule has 0 spiro atoms. The molecule has 2 heterocycles. The second-order valence-corrected chi connectivity index (χ2v) is 6.04. The number of primary amides is 2. The summed E-state index contributed by atoms with van der Waals surface area (Å²) in [6, 6.07) is 4.36. The van der Waals surface area contributed by atoms with Crippen LogP contribution in [0.3, 0.4) is 0 Å². The summed E-state index contributed by atoms with van der Waals surface area (Å²) in [5.74, 6) is -1.05. The highest BCUT2D eigenvalue weighted by atomic mass is 16.1. The van der Waals surface area contributed by atoms with E-state index < -0.39 is 11.8 Å². The summed E-state index contributed by atoms with van der Waals surface area (Å²) in [5.41, 5.74) is 13.4. The van der Waals surface area contributed by atoms with Gasteiger partial charge in [0.2, 0.25) is 0 Å².